The number of nitrogens with one attached hydrogen (secondary N) is 2. The van der Waals surface area contributed by atoms with E-state index in [-0.39, 0.29) is 0 Å². The topological polar surface area (TPSA) is 66.5 Å². The number of carbonyl (C=O) groups excluding carboxylic acids is 1. The van der Waals surface area contributed by atoms with Crippen molar-refractivity contribution in [2.75, 3.05) is 12.5 Å². The number of aromatic amines is 1. The Kier molecular flexibility index (Phi) is 5.61. The first-order valence-electron chi connectivity index (χ1n) is 7.70. The molecule has 5 nitrogen and oxygen atoms in total. The molecule has 0 saturated carbocycles. The van der Waals surface area contributed by atoms with Gasteiger partial charge >= 0.3 is 5.97 Å². The highest BCUT2D eigenvalue weighted by molar-refractivity contribution is 6.38. The average molecular weight is 388 g/mol. The molecule has 0 aliphatic heterocycles. The number of aromatic nitrogens is 1. The molecule has 0 radical (unpaired) electrons. The Morgan fingerprint density at radius 1 is 1.12 bits per heavy atom. The van der Waals surface area contributed by atoms with Crippen molar-refractivity contribution in [3.8, 4) is 11.3 Å². The summed E-state index contributed by atoms with van der Waals surface area (Å²) in [6, 6.07) is 16.5. The Bertz CT molecular complexity index is 932. The number of methoxy groups -OCH3 is 1. The lowest BCUT2D eigenvalue weighted by Gasteiger charge is -2.03. The maximum Gasteiger partial charge on any atom is 0.341 e. The van der Waals surface area contributed by atoms with Gasteiger partial charge in [0.05, 0.1) is 23.4 Å². The van der Waals surface area contributed by atoms with E-state index in [0.29, 0.717) is 27.0 Å². The Hall–Kier alpha value is -2.76. The zero-order valence-corrected chi connectivity index (χ0v) is 15.3. The van der Waals surface area contributed by atoms with Crippen molar-refractivity contribution in [3.63, 3.8) is 0 Å². The van der Waals surface area contributed by atoms with Crippen LogP contribution in [0.1, 0.15) is 15.9 Å². The predicted molar refractivity (Wildman–Crippen MR) is 105 cm³/mol. The highest BCUT2D eigenvalue weighted by Crippen LogP contribution is 2.26. The van der Waals surface area contributed by atoms with E-state index in [1.807, 2.05) is 30.3 Å². The number of hydrogen-bond donors (Lipinski definition) is 2. The summed E-state index contributed by atoms with van der Waals surface area (Å²) < 4.78 is 4.84. The summed E-state index contributed by atoms with van der Waals surface area (Å²) in [6.07, 6.45) is 1.49. The van der Waals surface area contributed by atoms with Gasteiger partial charge < -0.3 is 9.72 Å². The van der Waals surface area contributed by atoms with Crippen molar-refractivity contribution >= 4 is 41.2 Å². The van der Waals surface area contributed by atoms with Crippen LogP contribution in [-0.2, 0) is 4.74 Å². The van der Waals surface area contributed by atoms with Gasteiger partial charge in [-0.3, -0.25) is 5.43 Å². The highest BCUT2D eigenvalue weighted by Gasteiger charge is 2.16. The molecule has 0 bridgehead atoms. The first kappa shape index (κ1) is 18.0. The van der Waals surface area contributed by atoms with Crippen molar-refractivity contribution in [3.05, 3.63) is 75.8 Å². The third kappa shape index (κ3) is 3.90. The molecule has 0 unspecified atom stereocenters. The van der Waals surface area contributed by atoms with Gasteiger partial charge in [-0.25, -0.2) is 4.79 Å². The van der Waals surface area contributed by atoms with Gasteiger partial charge in [0.15, 0.2) is 0 Å². The zero-order valence-electron chi connectivity index (χ0n) is 13.8. The normalized spacial score (nSPS) is 10.9. The van der Waals surface area contributed by atoms with E-state index < -0.39 is 5.97 Å². The van der Waals surface area contributed by atoms with Crippen LogP contribution in [0.3, 0.4) is 0 Å². The molecule has 1 heterocycles. The van der Waals surface area contributed by atoms with E-state index in [9.17, 15) is 4.79 Å². The monoisotopic (exact) mass is 387 g/mol. The lowest BCUT2D eigenvalue weighted by Crippen LogP contribution is -2.03. The van der Waals surface area contributed by atoms with E-state index in [1.165, 1.54) is 13.3 Å². The first-order chi connectivity index (χ1) is 12.6. The molecule has 2 N–H and O–H groups in total. The highest BCUT2D eigenvalue weighted by atomic mass is 35.5. The minimum atomic E-state index is -0.475. The van der Waals surface area contributed by atoms with Gasteiger partial charge in [0, 0.05) is 11.3 Å². The average Bonchev–Trinajstić information content (AvgIpc) is 3.08. The second-order valence-electron chi connectivity index (χ2n) is 5.33. The Labute approximate surface area is 160 Å². The smallest absolute Gasteiger partial charge is 0.341 e. The van der Waals surface area contributed by atoms with Gasteiger partial charge in [-0.2, -0.15) is 5.10 Å². The number of rotatable bonds is 5. The minimum absolute atomic E-state index is 0.341. The molecule has 2 aromatic carbocycles. The number of H-pyrrole nitrogens is 1. The standard InChI is InChI=1S/C19H15Cl2N3O2/c1-26-19(25)13-10-17(12-6-3-2-4-7-12)23-18(13)24-22-11-14-15(20)8-5-9-16(14)21/h2-11,23-24H,1H3/b22-11+. The van der Waals surface area contributed by atoms with Crippen molar-refractivity contribution in [2.24, 2.45) is 5.10 Å². The SMILES string of the molecule is COC(=O)c1cc(-c2ccccc2)[nH]c1N/N=C/c1c(Cl)cccc1Cl. The lowest BCUT2D eigenvalue weighted by atomic mass is 10.1. The number of esters is 1. The van der Waals surface area contributed by atoms with E-state index in [4.69, 9.17) is 27.9 Å². The van der Waals surface area contributed by atoms with Crippen molar-refractivity contribution in [1.82, 2.24) is 4.98 Å². The van der Waals surface area contributed by atoms with Gasteiger partial charge in [-0.15, -0.1) is 0 Å². The Morgan fingerprint density at radius 3 is 2.46 bits per heavy atom. The van der Waals surface area contributed by atoms with E-state index in [1.54, 1.807) is 24.3 Å². The summed E-state index contributed by atoms with van der Waals surface area (Å²) in [5.41, 5.74) is 5.44. The summed E-state index contributed by atoms with van der Waals surface area (Å²) >= 11 is 12.2. The van der Waals surface area contributed by atoms with Gasteiger partial charge in [0.1, 0.15) is 11.4 Å². The van der Waals surface area contributed by atoms with Gasteiger partial charge in [-0.05, 0) is 23.8 Å². The lowest BCUT2D eigenvalue weighted by molar-refractivity contribution is 0.0602. The number of hydrazone groups is 1. The van der Waals surface area contributed by atoms with Crippen LogP contribution in [0.2, 0.25) is 10.0 Å². The minimum Gasteiger partial charge on any atom is -0.465 e. The largest absolute Gasteiger partial charge is 0.465 e. The molecule has 132 valence electrons. The summed E-state index contributed by atoms with van der Waals surface area (Å²) in [7, 11) is 1.33. The second-order valence-corrected chi connectivity index (χ2v) is 6.15. The molecule has 26 heavy (non-hydrogen) atoms. The van der Waals surface area contributed by atoms with Gasteiger partial charge in [0.25, 0.3) is 0 Å². The fraction of sp³-hybridized carbons (Fsp3) is 0.0526. The zero-order chi connectivity index (χ0) is 18.5. The third-order valence-corrected chi connectivity index (χ3v) is 4.34. The van der Waals surface area contributed by atoms with Crippen LogP contribution >= 0.6 is 23.2 Å². The summed E-state index contributed by atoms with van der Waals surface area (Å²) in [5, 5.41) is 5.09. The molecule has 7 heteroatoms. The quantitative estimate of drug-likeness (QED) is 0.358. The van der Waals surface area contributed by atoms with Crippen molar-refractivity contribution in [1.29, 1.82) is 0 Å². The second kappa shape index (κ2) is 8.08. The molecule has 0 aliphatic rings. The van der Waals surface area contributed by atoms with Crippen LogP contribution in [0.15, 0.2) is 59.7 Å². The van der Waals surface area contributed by atoms with Crippen LogP contribution in [0.4, 0.5) is 5.82 Å². The number of halogens is 2. The van der Waals surface area contributed by atoms with Crippen LogP contribution in [-0.4, -0.2) is 24.3 Å². The molecular formula is C19H15Cl2N3O2. The number of hydrogen-bond acceptors (Lipinski definition) is 4. The molecular weight excluding hydrogens is 373 g/mol. The van der Waals surface area contributed by atoms with Crippen molar-refractivity contribution in [2.45, 2.75) is 0 Å². The molecule has 0 saturated heterocycles. The number of nitrogens with zero attached hydrogens (tertiary/aromatic N) is 1. The Balaban J connectivity index is 1.90. The maximum absolute atomic E-state index is 12.0. The molecule has 0 fully saturated rings. The van der Waals surface area contributed by atoms with Gasteiger partial charge in [0.2, 0.25) is 0 Å². The summed E-state index contributed by atoms with van der Waals surface area (Å²) in [5.74, 6) is -0.0629. The van der Waals surface area contributed by atoms with Gasteiger partial charge in [-0.1, -0.05) is 59.6 Å². The third-order valence-electron chi connectivity index (χ3n) is 3.68. The van der Waals surface area contributed by atoms with E-state index >= 15 is 0 Å². The molecule has 0 aliphatic carbocycles. The van der Waals surface area contributed by atoms with Crippen LogP contribution < -0.4 is 5.43 Å². The molecule has 0 spiro atoms. The fourth-order valence-corrected chi connectivity index (χ4v) is 2.88. The predicted octanol–water partition coefficient (Wildman–Crippen LogP) is 5.22. The van der Waals surface area contributed by atoms with Crippen LogP contribution in [0, 0.1) is 0 Å². The fourth-order valence-electron chi connectivity index (χ4n) is 2.38. The van der Waals surface area contributed by atoms with Crippen LogP contribution in [0.25, 0.3) is 11.3 Å². The van der Waals surface area contributed by atoms with Crippen LogP contribution in [0.5, 0.6) is 0 Å². The molecule has 0 atom stereocenters. The molecule has 3 aromatic rings. The summed E-state index contributed by atoms with van der Waals surface area (Å²) in [4.78, 5) is 15.2. The maximum atomic E-state index is 12.0. The number of benzene rings is 2. The molecule has 0 amide bonds. The number of anilines is 1. The number of carbonyl (C=O) groups is 1. The van der Waals surface area contributed by atoms with E-state index in [0.717, 1.165) is 11.3 Å². The van der Waals surface area contributed by atoms with Crippen molar-refractivity contribution < 1.29 is 9.53 Å². The van der Waals surface area contributed by atoms with E-state index in [2.05, 4.69) is 15.5 Å². The summed E-state index contributed by atoms with van der Waals surface area (Å²) in [6.45, 7) is 0. The molecule has 1 aromatic heterocycles. The Morgan fingerprint density at radius 2 is 1.81 bits per heavy atom. The number of ether oxygens (including phenoxy) is 1. The molecule has 3 rings (SSSR count). The first-order valence-corrected chi connectivity index (χ1v) is 8.45.